The van der Waals surface area contributed by atoms with Gasteiger partial charge < -0.3 is 10.5 Å². The number of benzene rings is 1. The lowest BCUT2D eigenvalue weighted by atomic mass is 10.3. The number of amides is 1. The second kappa shape index (κ2) is 4.33. The van der Waals surface area contributed by atoms with Gasteiger partial charge in [-0.3, -0.25) is 9.27 Å². The van der Waals surface area contributed by atoms with Gasteiger partial charge in [0.05, 0.1) is 5.69 Å². The third-order valence-corrected chi connectivity index (χ3v) is 1.89. The molecule has 0 unspecified atom stereocenters. The van der Waals surface area contributed by atoms with Gasteiger partial charge in [-0.25, -0.2) is 9.18 Å². The van der Waals surface area contributed by atoms with Crippen LogP contribution in [0.1, 0.15) is 0 Å². The third kappa shape index (κ3) is 3.37. The molecule has 4 N–H and O–H groups in total. The van der Waals surface area contributed by atoms with Crippen LogP contribution in [0.4, 0.5) is 14.9 Å². The molecule has 7 nitrogen and oxygen atoms in total. The summed E-state index contributed by atoms with van der Waals surface area (Å²) < 4.78 is 48.4. The van der Waals surface area contributed by atoms with Crippen molar-refractivity contribution < 1.29 is 26.9 Å². The van der Waals surface area contributed by atoms with E-state index in [1.54, 1.807) is 0 Å². The molecular weight excluding hydrogens is 243 g/mol. The highest BCUT2D eigenvalue weighted by Crippen LogP contribution is 2.24. The van der Waals surface area contributed by atoms with Crippen LogP contribution in [0.5, 0.6) is 5.75 Å². The molecule has 1 amide bonds. The lowest BCUT2D eigenvalue weighted by Crippen LogP contribution is -2.18. The number of ether oxygens (including phenoxy) is 1. The fourth-order valence-corrected chi connectivity index (χ4v) is 1.35. The van der Waals surface area contributed by atoms with Crippen LogP contribution in [0.3, 0.4) is 0 Å². The number of hydrogen-bond donors (Lipinski definition) is 3. The van der Waals surface area contributed by atoms with E-state index in [1.165, 1.54) is 10.8 Å². The molecule has 0 radical (unpaired) electrons. The van der Waals surface area contributed by atoms with E-state index in [0.717, 1.165) is 12.1 Å². The number of rotatable bonds is 3. The predicted octanol–water partition coefficient (Wildman–Crippen LogP) is 0.498. The smallest absolute Gasteiger partial charge is 0.407 e. The Bertz CT molecular complexity index is 516. The number of hydrogen-bond acceptors (Lipinski definition) is 4. The average Bonchev–Trinajstić information content (AvgIpc) is 2.09. The highest BCUT2D eigenvalue weighted by Gasteiger charge is 2.14. The summed E-state index contributed by atoms with van der Waals surface area (Å²) in [6.45, 7) is 0. The van der Waals surface area contributed by atoms with Gasteiger partial charge in [-0.2, -0.15) is 8.42 Å². The standard InChI is InChI=1S/C7H7FN2O5S/c8-6-4(10-16(12,13)14)2-1-3-5(6)15-7(9)11/h1-3,10H,(H2,9,11)(H,12,13,14). The minimum absolute atomic E-state index is 0.554. The Hall–Kier alpha value is -1.87. The molecule has 0 spiro atoms. The van der Waals surface area contributed by atoms with Crippen LogP contribution in [0, 0.1) is 5.82 Å². The molecule has 0 aliphatic rings. The Kier molecular flexibility index (Phi) is 3.30. The monoisotopic (exact) mass is 250 g/mol. The van der Waals surface area contributed by atoms with E-state index in [4.69, 9.17) is 4.55 Å². The molecule has 0 saturated heterocycles. The van der Waals surface area contributed by atoms with E-state index >= 15 is 0 Å². The highest BCUT2D eigenvalue weighted by atomic mass is 32.2. The molecule has 9 heteroatoms. The fraction of sp³-hybridized carbons (Fsp3) is 0. The van der Waals surface area contributed by atoms with Crippen LogP contribution < -0.4 is 15.2 Å². The van der Waals surface area contributed by atoms with Gasteiger partial charge in [-0.1, -0.05) is 6.07 Å². The molecule has 1 aromatic carbocycles. The first-order valence-corrected chi connectivity index (χ1v) is 5.24. The molecule has 0 aliphatic carbocycles. The summed E-state index contributed by atoms with van der Waals surface area (Å²) in [6.07, 6.45) is -1.25. The molecule has 0 saturated carbocycles. The maximum absolute atomic E-state index is 13.4. The quantitative estimate of drug-likeness (QED) is 0.675. The van der Waals surface area contributed by atoms with Crippen molar-refractivity contribution in [3.05, 3.63) is 24.0 Å². The summed E-state index contributed by atoms with van der Waals surface area (Å²) in [5.74, 6) is -1.72. The van der Waals surface area contributed by atoms with Crippen molar-refractivity contribution in [3.8, 4) is 5.75 Å². The van der Waals surface area contributed by atoms with E-state index in [1.807, 2.05) is 0 Å². The Morgan fingerprint density at radius 1 is 1.50 bits per heavy atom. The van der Waals surface area contributed by atoms with Crippen molar-refractivity contribution in [3.63, 3.8) is 0 Å². The maximum Gasteiger partial charge on any atom is 0.410 e. The van der Waals surface area contributed by atoms with E-state index in [2.05, 4.69) is 10.5 Å². The lowest BCUT2D eigenvalue weighted by Gasteiger charge is -2.07. The summed E-state index contributed by atoms with van der Waals surface area (Å²) in [7, 11) is -4.61. The molecule has 0 bridgehead atoms. The highest BCUT2D eigenvalue weighted by molar-refractivity contribution is 7.87. The number of carbonyl (C=O) groups excluding carboxylic acids is 1. The summed E-state index contributed by atoms with van der Waals surface area (Å²) >= 11 is 0. The first-order valence-electron chi connectivity index (χ1n) is 3.80. The summed E-state index contributed by atoms with van der Waals surface area (Å²) in [4.78, 5) is 10.4. The average molecular weight is 250 g/mol. The SMILES string of the molecule is NC(=O)Oc1cccc(NS(=O)(=O)O)c1F. The number of nitrogens with one attached hydrogen (secondary N) is 1. The summed E-state index contributed by atoms with van der Waals surface area (Å²) in [5, 5.41) is 0. The van der Waals surface area contributed by atoms with Gasteiger partial charge in [0.2, 0.25) is 0 Å². The number of carbonyl (C=O) groups is 1. The van der Waals surface area contributed by atoms with Gasteiger partial charge in [0.25, 0.3) is 0 Å². The molecule has 0 aliphatic heterocycles. The predicted molar refractivity (Wildman–Crippen MR) is 51.8 cm³/mol. The zero-order valence-corrected chi connectivity index (χ0v) is 8.49. The van der Waals surface area contributed by atoms with Crippen LogP contribution in [0.15, 0.2) is 18.2 Å². The zero-order valence-electron chi connectivity index (χ0n) is 7.68. The summed E-state index contributed by atoms with van der Waals surface area (Å²) in [6, 6.07) is 3.29. The van der Waals surface area contributed by atoms with Crippen molar-refractivity contribution in [1.29, 1.82) is 0 Å². The molecule has 1 rings (SSSR count). The summed E-state index contributed by atoms with van der Waals surface area (Å²) in [5.41, 5.74) is 4.09. The minimum Gasteiger partial charge on any atom is -0.407 e. The van der Waals surface area contributed by atoms with Crippen molar-refractivity contribution in [2.75, 3.05) is 4.72 Å². The van der Waals surface area contributed by atoms with E-state index in [0.29, 0.717) is 0 Å². The molecule has 0 atom stereocenters. The second-order valence-electron chi connectivity index (χ2n) is 2.62. The maximum atomic E-state index is 13.4. The van der Waals surface area contributed by atoms with Crippen LogP contribution in [-0.2, 0) is 10.3 Å². The van der Waals surface area contributed by atoms with Crippen molar-refractivity contribution in [2.45, 2.75) is 0 Å². The molecule has 1 aromatic rings. The number of halogens is 1. The zero-order chi connectivity index (χ0) is 12.3. The van der Waals surface area contributed by atoms with Gasteiger partial charge >= 0.3 is 16.4 Å². The third-order valence-electron chi connectivity index (χ3n) is 1.41. The lowest BCUT2D eigenvalue weighted by molar-refractivity contribution is 0.209. The number of nitrogens with two attached hydrogens (primary N) is 1. The Morgan fingerprint density at radius 3 is 2.62 bits per heavy atom. The van der Waals surface area contributed by atoms with Crippen molar-refractivity contribution >= 4 is 22.1 Å². The van der Waals surface area contributed by atoms with Crippen molar-refractivity contribution in [2.24, 2.45) is 5.73 Å². The van der Waals surface area contributed by atoms with Gasteiger partial charge in [-0.05, 0) is 12.1 Å². The Morgan fingerprint density at radius 2 is 2.12 bits per heavy atom. The van der Waals surface area contributed by atoms with Crippen LogP contribution >= 0.6 is 0 Å². The molecule has 0 heterocycles. The molecule has 16 heavy (non-hydrogen) atoms. The number of primary amides is 1. The Balaban J connectivity index is 3.09. The van der Waals surface area contributed by atoms with Gasteiger partial charge in [0.15, 0.2) is 11.6 Å². The normalized spacial score (nSPS) is 10.9. The van der Waals surface area contributed by atoms with E-state index in [-0.39, 0.29) is 0 Å². The van der Waals surface area contributed by atoms with Crippen LogP contribution in [0.25, 0.3) is 0 Å². The largest absolute Gasteiger partial charge is 0.410 e. The minimum atomic E-state index is -4.61. The second-order valence-corrected chi connectivity index (χ2v) is 3.77. The fourth-order valence-electron chi connectivity index (χ4n) is 0.916. The Labute approximate surface area is 89.9 Å². The first kappa shape index (κ1) is 12.2. The van der Waals surface area contributed by atoms with Gasteiger partial charge in [0, 0.05) is 0 Å². The van der Waals surface area contributed by atoms with E-state index < -0.39 is 33.7 Å². The molecular formula is C7H7FN2O5S. The molecule has 0 fully saturated rings. The van der Waals surface area contributed by atoms with Gasteiger partial charge in [-0.15, -0.1) is 0 Å². The van der Waals surface area contributed by atoms with Crippen LogP contribution in [-0.4, -0.2) is 19.1 Å². The van der Waals surface area contributed by atoms with Crippen LogP contribution in [0.2, 0.25) is 0 Å². The number of anilines is 1. The topological polar surface area (TPSA) is 119 Å². The first-order chi connectivity index (χ1) is 7.29. The molecule has 0 aromatic heterocycles. The van der Waals surface area contributed by atoms with E-state index in [9.17, 15) is 17.6 Å². The molecule has 88 valence electrons. The van der Waals surface area contributed by atoms with Gasteiger partial charge in [0.1, 0.15) is 0 Å². The van der Waals surface area contributed by atoms with Crippen molar-refractivity contribution in [1.82, 2.24) is 0 Å².